The van der Waals surface area contributed by atoms with Crippen molar-refractivity contribution in [2.24, 2.45) is 0 Å². The Labute approximate surface area is 120 Å². The number of carbonyl (C=O) groups excluding carboxylic acids is 1. The fourth-order valence-corrected chi connectivity index (χ4v) is 2.95. The molecule has 19 heavy (non-hydrogen) atoms. The zero-order valence-electron chi connectivity index (χ0n) is 10.7. The molecule has 2 rings (SSSR count). The molecule has 6 heteroatoms. The number of benzene rings is 1. The number of carbonyl (C=O) groups is 1. The van der Waals surface area contributed by atoms with E-state index in [0.717, 1.165) is 4.88 Å². The summed E-state index contributed by atoms with van der Waals surface area (Å²) in [6.07, 6.45) is 0. The molecule has 0 aliphatic rings. The molecule has 0 fully saturated rings. The number of nitrogens with zero attached hydrogens (tertiary/aromatic N) is 1. The van der Waals surface area contributed by atoms with Gasteiger partial charge in [-0.2, -0.15) is 0 Å². The van der Waals surface area contributed by atoms with Crippen molar-refractivity contribution in [3.8, 4) is 16.3 Å². The van der Waals surface area contributed by atoms with Crippen molar-refractivity contribution in [3.05, 3.63) is 33.8 Å². The van der Waals surface area contributed by atoms with Gasteiger partial charge in [-0.3, -0.25) is 0 Å². The molecule has 4 nitrogen and oxygen atoms in total. The lowest BCUT2D eigenvalue weighted by molar-refractivity contribution is 0.0594. The van der Waals surface area contributed by atoms with Gasteiger partial charge in [0.2, 0.25) is 0 Å². The third-order valence-corrected chi connectivity index (χ3v) is 3.89. The highest BCUT2D eigenvalue weighted by Crippen LogP contribution is 2.39. The van der Waals surface area contributed by atoms with Crippen LogP contribution in [0.25, 0.3) is 10.6 Å². The summed E-state index contributed by atoms with van der Waals surface area (Å²) in [4.78, 5) is 16.7. The molecule has 0 saturated carbocycles. The molecule has 0 radical (unpaired) electrons. The van der Waals surface area contributed by atoms with Crippen molar-refractivity contribution >= 4 is 28.9 Å². The summed E-state index contributed by atoms with van der Waals surface area (Å²) in [6, 6.07) is 5.36. The Kier molecular flexibility index (Phi) is 4.07. The maximum Gasteiger partial charge on any atom is 0.357 e. The number of thiazole rings is 1. The van der Waals surface area contributed by atoms with Gasteiger partial charge < -0.3 is 9.47 Å². The Bertz CT molecular complexity index is 624. The predicted molar refractivity (Wildman–Crippen MR) is 75.2 cm³/mol. The number of hydrogen-bond acceptors (Lipinski definition) is 5. The van der Waals surface area contributed by atoms with Crippen LogP contribution in [0.3, 0.4) is 0 Å². The topological polar surface area (TPSA) is 48.4 Å². The Morgan fingerprint density at radius 3 is 2.74 bits per heavy atom. The van der Waals surface area contributed by atoms with Crippen molar-refractivity contribution in [1.82, 2.24) is 4.98 Å². The maximum atomic E-state index is 11.6. The van der Waals surface area contributed by atoms with E-state index in [1.807, 2.05) is 6.92 Å². The minimum atomic E-state index is -0.453. The molecule has 0 amide bonds. The van der Waals surface area contributed by atoms with Crippen LogP contribution in [-0.4, -0.2) is 25.2 Å². The van der Waals surface area contributed by atoms with Gasteiger partial charge >= 0.3 is 5.97 Å². The molecule has 1 heterocycles. The molecule has 0 saturated heterocycles. The Balaban J connectivity index is 2.57. The Hall–Kier alpha value is -1.59. The largest absolute Gasteiger partial charge is 0.496 e. The standard InChI is InChI=1S/C13H12ClNO3S/c1-7-11(13(16)18-3)15-12(19-7)10-8(14)5-4-6-9(10)17-2/h4-6H,1-3H3. The van der Waals surface area contributed by atoms with Crippen molar-refractivity contribution in [3.63, 3.8) is 0 Å². The summed E-state index contributed by atoms with van der Waals surface area (Å²) in [5, 5.41) is 1.17. The Morgan fingerprint density at radius 2 is 2.11 bits per heavy atom. The fourth-order valence-electron chi connectivity index (χ4n) is 1.67. The minimum absolute atomic E-state index is 0.310. The molecule has 0 unspecified atom stereocenters. The lowest BCUT2D eigenvalue weighted by atomic mass is 10.2. The molecule has 1 aromatic heterocycles. The quantitative estimate of drug-likeness (QED) is 0.813. The first-order valence-corrected chi connectivity index (χ1v) is 6.66. The monoisotopic (exact) mass is 297 g/mol. The molecule has 100 valence electrons. The van der Waals surface area contributed by atoms with Crippen LogP contribution in [0.5, 0.6) is 5.75 Å². The zero-order chi connectivity index (χ0) is 14.0. The molecule has 0 N–H and O–H groups in total. The molecule has 2 aromatic rings. The molecular weight excluding hydrogens is 286 g/mol. The third-order valence-electron chi connectivity index (χ3n) is 2.58. The van der Waals surface area contributed by atoms with Crippen LogP contribution < -0.4 is 4.74 Å². The number of ether oxygens (including phenoxy) is 2. The Morgan fingerprint density at radius 1 is 1.37 bits per heavy atom. The molecule has 0 aliphatic carbocycles. The minimum Gasteiger partial charge on any atom is -0.496 e. The van der Waals surface area contributed by atoms with Crippen LogP contribution in [0.15, 0.2) is 18.2 Å². The van der Waals surface area contributed by atoms with Crippen LogP contribution in [0.2, 0.25) is 5.02 Å². The highest BCUT2D eigenvalue weighted by atomic mass is 35.5. The smallest absolute Gasteiger partial charge is 0.357 e. The second-order valence-corrected chi connectivity index (χ2v) is 5.34. The molecule has 0 atom stereocenters. The number of halogens is 1. The van der Waals surface area contributed by atoms with Crippen LogP contribution in [0, 0.1) is 6.92 Å². The molecular formula is C13H12ClNO3S. The second kappa shape index (κ2) is 5.59. The van der Waals surface area contributed by atoms with Crippen LogP contribution in [0.4, 0.5) is 0 Å². The highest BCUT2D eigenvalue weighted by molar-refractivity contribution is 7.15. The first kappa shape index (κ1) is 13.8. The van der Waals surface area contributed by atoms with Gasteiger partial charge in [0.1, 0.15) is 10.8 Å². The maximum absolute atomic E-state index is 11.6. The van der Waals surface area contributed by atoms with Crippen LogP contribution >= 0.6 is 22.9 Å². The van der Waals surface area contributed by atoms with E-state index in [4.69, 9.17) is 21.1 Å². The van der Waals surface area contributed by atoms with Gasteiger partial charge in [0.25, 0.3) is 0 Å². The van der Waals surface area contributed by atoms with Gasteiger partial charge in [-0.15, -0.1) is 11.3 Å². The summed E-state index contributed by atoms with van der Waals surface area (Å²) in [6.45, 7) is 1.82. The predicted octanol–water partition coefficient (Wildman–Crippen LogP) is 3.57. The van der Waals surface area contributed by atoms with E-state index >= 15 is 0 Å². The summed E-state index contributed by atoms with van der Waals surface area (Å²) < 4.78 is 9.98. The van der Waals surface area contributed by atoms with E-state index in [9.17, 15) is 4.79 Å². The number of methoxy groups -OCH3 is 2. The first-order valence-electron chi connectivity index (χ1n) is 5.47. The van der Waals surface area contributed by atoms with E-state index < -0.39 is 5.97 Å². The lowest BCUT2D eigenvalue weighted by Gasteiger charge is -2.07. The second-order valence-electron chi connectivity index (χ2n) is 3.73. The number of aryl methyl sites for hydroxylation is 1. The van der Waals surface area contributed by atoms with Gasteiger partial charge in [-0.25, -0.2) is 9.78 Å². The number of aromatic nitrogens is 1. The van der Waals surface area contributed by atoms with Crippen molar-refractivity contribution in [2.45, 2.75) is 6.92 Å². The summed E-state index contributed by atoms with van der Waals surface area (Å²) in [7, 11) is 2.90. The average molecular weight is 298 g/mol. The fraction of sp³-hybridized carbons (Fsp3) is 0.231. The van der Waals surface area contributed by atoms with Crippen molar-refractivity contribution in [1.29, 1.82) is 0 Å². The lowest BCUT2D eigenvalue weighted by Crippen LogP contribution is -2.03. The first-order chi connectivity index (χ1) is 9.08. The summed E-state index contributed by atoms with van der Waals surface area (Å²) in [5.74, 6) is 0.170. The summed E-state index contributed by atoms with van der Waals surface area (Å²) >= 11 is 7.57. The van der Waals surface area contributed by atoms with Gasteiger partial charge in [0.05, 0.1) is 24.8 Å². The number of rotatable bonds is 3. The molecule has 0 bridgehead atoms. The van der Waals surface area contributed by atoms with E-state index in [-0.39, 0.29) is 0 Å². The normalized spacial score (nSPS) is 10.3. The van der Waals surface area contributed by atoms with Crippen LogP contribution in [-0.2, 0) is 4.74 Å². The van der Waals surface area contributed by atoms with E-state index in [1.165, 1.54) is 18.4 Å². The molecule has 0 spiro atoms. The van der Waals surface area contributed by atoms with E-state index in [1.54, 1.807) is 25.3 Å². The zero-order valence-corrected chi connectivity index (χ0v) is 12.3. The van der Waals surface area contributed by atoms with Gasteiger partial charge in [-0.05, 0) is 19.1 Å². The van der Waals surface area contributed by atoms with Gasteiger partial charge in [-0.1, -0.05) is 17.7 Å². The SMILES string of the molecule is COC(=O)c1nc(-c2c(Cl)cccc2OC)sc1C. The summed E-state index contributed by atoms with van der Waals surface area (Å²) in [5.41, 5.74) is 0.999. The van der Waals surface area contributed by atoms with E-state index in [2.05, 4.69) is 4.98 Å². The molecule has 0 aliphatic heterocycles. The third kappa shape index (κ3) is 2.57. The number of hydrogen-bond donors (Lipinski definition) is 0. The molecule has 1 aromatic carbocycles. The van der Waals surface area contributed by atoms with Crippen molar-refractivity contribution in [2.75, 3.05) is 14.2 Å². The number of esters is 1. The van der Waals surface area contributed by atoms with Crippen LogP contribution in [0.1, 0.15) is 15.4 Å². The van der Waals surface area contributed by atoms with Crippen molar-refractivity contribution < 1.29 is 14.3 Å². The van der Waals surface area contributed by atoms with Gasteiger partial charge in [0, 0.05) is 4.88 Å². The van der Waals surface area contributed by atoms with E-state index in [0.29, 0.717) is 27.0 Å². The average Bonchev–Trinajstić information content (AvgIpc) is 2.79. The van der Waals surface area contributed by atoms with Gasteiger partial charge in [0.15, 0.2) is 5.69 Å². The highest BCUT2D eigenvalue weighted by Gasteiger charge is 2.20.